The number of benzene rings is 1. The normalized spacial score (nSPS) is 10.4. The number of hydrogen-bond acceptors (Lipinski definition) is 5. The highest BCUT2D eigenvalue weighted by Crippen LogP contribution is 2.25. The number of nitrogens with one attached hydrogen (secondary N) is 2. The molecule has 0 aliphatic rings. The minimum absolute atomic E-state index is 0.378. The zero-order valence-corrected chi connectivity index (χ0v) is 10.2. The molecule has 1 aromatic carbocycles. The smallest absolute Gasteiger partial charge is 0.316 e. The van der Waals surface area contributed by atoms with Gasteiger partial charge in [-0.15, -0.1) is 0 Å². The van der Waals surface area contributed by atoms with Gasteiger partial charge in [-0.2, -0.15) is 4.98 Å². The van der Waals surface area contributed by atoms with E-state index in [1.807, 2.05) is 0 Å². The van der Waals surface area contributed by atoms with Gasteiger partial charge in [-0.05, 0) is 24.3 Å². The van der Waals surface area contributed by atoms with Gasteiger partial charge in [-0.25, -0.2) is 14.8 Å². The number of imidazole rings is 1. The predicted octanol–water partition coefficient (Wildman–Crippen LogP) is 1.64. The zero-order chi connectivity index (χ0) is 13.9. The topological polar surface area (TPSA) is 119 Å². The molecule has 2 aromatic heterocycles. The zero-order valence-electron chi connectivity index (χ0n) is 10.2. The second-order valence-electron chi connectivity index (χ2n) is 3.90. The van der Waals surface area contributed by atoms with E-state index in [1.54, 1.807) is 24.3 Å². The molecule has 0 aliphatic heterocycles. The Balaban J connectivity index is 1.84. The SMILES string of the molecule is NC(=O)Nc1ccc(Oc2ncnc3nc[nH]c23)cc1. The van der Waals surface area contributed by atoms with E-state index in [2.05, 4.69) is 25.3 Å². The van der Waals surface area contributed by atoms with Crippen LogP contribution in [0.4, 0.5) is 10.5 Å². The number of anilines is 1. The van der Waals surface area contributed by atoms with Gasteiger partial charge in [0.15, 0.2) is 5.65 Å². The van der Waals surface area contributed by atoms with Crippen LogP contribution in [0.5, 0.6) is 11.6 Å². The number of aromatic amines is 1. The molecule has 3 rings (SSSR count). The molecule has 20 heavy (non-hydrogen) atoms. The molecule has 0 unspecified atom stereocenters. The van der Waals surface area contributed by atoms with Gasteiger partial charge in [0.05, 0.1) is 6.33 Å². The standard InChI is InChI=1S/C12H10N6O2/c13-12(19)18-7-1-3-8(4-2-7)20-11-9-10(15-5-14-9)16-6-17-11/h1-6H,(H3,13,18,19)(H,14,15,16,17). The summed E-state index contributed by atoms with van der Waals surface area (Å²) >= 11 is 0. The maximum absolute atomic E-state index is 10.7. The number of primary amides is 1. The summed E-state index contributed by atoms with van der Waals surface area (Å²) in [6.07, 6.45) is 2.90. The molecular formula is C12H10N6O2. The van der Waals surface area contributed by atoms with Crippen LogP contribution in [0.15, 0.2) is 36.9 Å². The summed E-state index contributed by atoms with van der Waals surface area (Å²) in [5.41, 5.74) is 6.76. The highest BCUT2D eigenvalue weighted by molar-refractivity contribution is 5.87. The predicted molar refractivity (Wildman–Crippen MR) is 71.4 cm³/mol. The van der Waals surface area contributed by atoms with Crippen molar-refractivity contribution in [2.24, 2.45) is 5.73 Å². The molecule has 4 N–H and O–H groups in total. The molecule has 8 nitrogen and oxygen atoms in total. The number of rotatable bonds is 3. The van der Waals surface area contributed by atoms with E-state index in [0.717, 1.165) is 0 Å². The van der Waals surface area contributed by atoms with Crippen LogP contribution in [0.1, 0.15) is 0 Å². The molecule has 0 spiro atoms. The van der Waals surface area contributed by atoms with Crippen LogP contribution in [0.3, 0.4) is 0 Å². The van der Waals surface area contributed by atoms with Gasteiger partial charge in [0.25, 0.3) is 0 Å². The lowest BCUT2D eigenvalue weighted by atomic mass is 10.3. The highest BCUT2D eigenvalue weighted by Gasteiger charge is 2.08. The van der Waals surface area contributed by atoms with Gasteiger partial charge in [-0.1, -0.05) is 0 Å². The molecule has 3 aromatic rings. The average molecular weight is 270 g/mol. The Labute approximate surface area is 113 Å². The first-order valence-electron chi connectivity index (χ1n) is 5.71. The molecule has 2 heterocycles. The van der Waals surface area contributed by atoms with Crippen LogP contribution < -0.4 is 15.8 Å². The van der Waals surface area contributed by atoms with Gasteiger partial charge >= 0.3 is 6.03 Å². The van der Waals surface area contributed by atoms with Crippen LogP contribution in [0.25, 0.3) is 11.2 Å². The van der Waals surface area contributed by atoms with Crippen molar-refractivity contribution in [3.8, 4) is 11.6 Å². The number of nitrogens with two attached hydrogens (primary N) is 1. The van der Waals surface area contributed by atoms with Gasteiger partial charge in [0, 0.05) is 5.69 Å². The van der Waals surface area contributed by atoms with Gasteiger partial charge in [-0.3, -0.25) is 0 Å². The molecule has 8 heteroatoms. The van der Waals surface area contributed by atoms with E-state index in [-0.39, 0.29) is 0 Å². The molecule has 0 atom stereocenters. The molecule has 2 amide bonds. The van der Waals surface area contributed by atoms with E-state index in [4.69, 9.17) is 10.5 Å². The second kappa shape index (κ2) is 4.84. The Morgan fingerprint density at radius 1 is 1.20 bits per heavy atom. The van der Waals surface area contributed by atoms with Crippen molar-refractivity contribution < 1.29 is 9.53 Å². The lowest BCUT2D eigenvalue weighted by molar-refractivity contribution is 0.259. The van der Waals surface area contributed by atoms with Crippen molar-refractivity contribution in [3.63, 3.8) is 0 Å². The first kappa shape index (κ1) is 11.9. The van der Waals surface area contributed by atoms with E-state index in [0.29, 0.717) is 28.5 Å². The van der Waals surface area contributed by atoms with Crippen LogP contribution in [0.2, 0.25) is 0 Å². The summed E-state index contributed by atoms with van der Waals surface area (Å²) in [6, 6.07) is 6.11. The van der Waals surface area contributed by atoms with E-state index >= 15 is 0 Å². The Bertz CT molecular complexity index is 752. The van der Waals surface area contributed by atoms with Crippen molar-refractivity contribution in [1.82, 2.24) is 19.9 Å². The number of aromatic nitrogens is 4. The lowest BCUT2D eigenvalue weighted by Crippen LogP contribution is -2.19. The minimum Gasteiger partial charge on any atom is -0.437 e. The minimum atomic E-state index is -0.617. The van der Waals surface area contributed by atoms with Crippen molar-refractivity contribution in [2.75, 3.05) is 5.32 Å². The summed E-state index contributed by atoms with van der Waals surface area (Å²) < 4.78 is 5.64. The number of hydrogen-bond donors (Lipinski definition) is 3. The number of amides is 2. The van der Waals surface area contributed by atoms with Gasteiger partial charge < -0.3 is 20.8 Å². The first-order valence-corrected chi connectivity index (χ1v) is 5.71. The molecule has 100 valence electrons. The number of nitrogens with zero attached hydrogens (tertiary/aromatic N) is 3. The molecule has 0 radical (unpaired) electrons. The van der Waals surface area contributed by atoms with Crippen molar-refractivity contribution in [1.29, 1.82) is 0 Å². The van der Waals surface area contributed by atoms with E-state index in [1.165, 1.54) is 12.7 Å². The molecule has 0 bridgehead atoms. The Morgan fingerprint density at radius 3 is 2.75 bits per heavy atom. The molecule has 0 aliphatic carbocycles. The quantitative estimate of drug-likeness (QED) is 0.668. The summed E-state index contributed by atoms with van der Waals surface area (Å²) in [5.74, 6) is 0.942. The Hall–Kier alpha value is -3.16. The van der Waals surface area contributed by atoms with Gasteiger partial charge in [0.2, 0.25) is 5.88 Å². The third kappa shape index (κ3) is 2.34. The number of fused-ring (bicyclic) bond motifs is 1. The van der Waals surface area contributed by atoms with Crippen molar-refractivity contribution in [2.45, 2.75) is 0 Å². The maximum atomic E-state index is 10.7. The monoisotopic (exact) mass is 270 g/mol. The lowest BCUT2D eigenvalue weighted by Gasteiger charge is -2.06. The Kier molecular flexibility index (Phi) is 2.88. The largest absolute Gasteiger partial charge is 0.437 e. The number of carbonyl (C=O) groups is 1. The summed E-state index contributed by atoms with van der Waals surface area (Å²) in [7, 11) is 0. The second-order valence-corrected chi connectivity index (χ2v) is 3.90. The third-order valence-corrected chi connectivity index (χ3v) is 2.52. The summed E-state index contributed by atoms with van der Waals surface area (Å²) in [6.45, 7) is 0. The van der Waals surface area contributed by atoms with E-state index in [9.17, 15) is 4.79 Å². The number of carbonyl (C=O) groups excluding carboxylic acids is 1. The van der Waals surface area contributed by atoms with Crippen LogP contribution in [-0.2, 0) is 0 Å². The molecular weight excluding hydrogens is 260 g/mol. The van der Waals surface area contributed by atoms with Gasteiger partial charge in [0.1, 0.15) is 17.6 Å². The maximum Gasteiger partial charge on any atom is 0.316 e. The highest BCUT2D eigenvalue weighted by atomic mass is 16.5. The van der Waals surface area contributed by atoms with Crippen molar-refractivity contribution >= 4 is 22.9 Å². The fourth-order valence-corrected chi connectivity index (χ4v) is 1.68. The Morgan fingerprint density at radius 2 is 2.00 bits per heavy atom. The van der Waals surface area contributed by atoms with E-state index < -0.39 is 6.03 Å². The fourth-order valence-electron chi connectivity index (χ4n) is 1.68. The average Bonchev–Trinajstić information content (AvgIpc) is 2.90. The number of urea groups is 1. The van der Waals surface area contributed by atoms with Crippen LogP contribution in [-0.4, -0.2) is 26.0 Å². The molecule has 0 saturated carbocycles. The van der Waals surface area contributed by atoms with Crippen LogP contribution in [0, 0.1) is 0 Å². The fraction of sp³-hybridized carbons (Fsp3) is 0. The molecule has 0 saturated heterocycles. The first-order chi connectivity index (χ1) is 9.72. The number of ether oxygens (including phenoxy) is 1. The summed E-state index contributed by atoms with van der Waals surface area (Å²) in [5, 5.41) is 2.46. The summed E-state index contributed by atoms with van der Waals surface area (Å²) in [4.78, 5) is 25.7. The van der Waals surface area contributed by atoms with Crippen LogP contribution >= 0.6 is 0 Å². The molecule has 0 fully saturated rings. The van der Waals surface area contributed by atoms with Crippen molar-refractivity contribution in [3.05, 3.63) is 36.9 Å². The number of H-pyrrole nitrogens is 1. The third-order valence-electron chi connectivity index (χ3n) is 2.52.